The number of hydrogen-bond acceptors (Lipinski definition) is 5. The SMILES string of the molecule is Cc1[nH]nc2c1C(c1ccc(F)cc1)C(C#N)=C(N=Cc1ccc(O)cc1)O2. The summed E-state index contributed by atoms with van der Waals surface area (Å²) in [5.41, 5.74) is 3.27. The van der Waals surface area contributed by atoms with Crippen molar-refractivity contribution < 1.29 is 14.2 Å². The summed E-state index contributed by atoms with van der Waals surface area (Å²) in [4.78, 5) is 4.34. The number of H-pyrrole nitrogens is 1. The van der Waals surface area contributed by atoms with Crippen molar-refractivity contribution in [2.45, 2.75) is 12.8 Å². The van der Waals surface area contributed by atoms with Crippen LogP contribution in [0, 0.1) is 24.1 Å². The summed E-state index contributed by atoms with van der Waals surface area (Å²) in [6, 6.07) is 14.6. The first kappa shape index (κ1) is 17.5. The van der Waals surface area contributed by atoms with Gasteiger partial charge in [0.15, 0.2) is 0 Å². The van der Waals surface area contributed by atoms with Crippen LogP contribution in [0.4, 0.5) is 4.39 Å². The van der Waals surface area contributed by atoms with E-state index >= 15 is 0 Å². The largest absolute Gasteiger partial charge is 0.508 e. The van der Waals surface area contributed by atoms with Crippen molar-refractivity contribution in [1.29, 1.82) is 5.26 Å². The number of benzene rings is 2. The second kappa shape index (κ2) is 7.00. The lowest BCUT2D eigenvalue weighted by Gasteiger charge is -2.23. The van der Waals surface area contributed by atoms with E-state index in [2.05, 4.69) is 21.3 Å². The smallest absolute Gasteiger partial charge is 0.244 e. The number of aromatic amines is 1. The number of phenolic OH excluding ortho intramolecular Hbond substituents is 1. The number of ether oxygens (including phenoxy) is 1. The Labute approximate surface area is 160 Å². The Bertz CT molecular complexity index is 1120. The van der Waals surface area contributed by atoms with Gasteiger partial charge in [0, 0.05) is 17.5 Å². The van der Waals surface area contributed by atoms with E-state index in [1.54, 1.807) is 42.6 Å². The van der Waals surface area contributed by atoms with Crippen LogP contribution >= 0.6 is 0 Å². The van der Waals surface area contributed by atoms with Gasteiger partial charge in [-0.25, -0.2) is 9.38 Å². The fraction of sp³-hybridized carbons (Fsp3) is 0.0952. The first-order valence-corrected chi connectivity index (χ1v) is 8.52. The van der Waals surface area contributed by atoms with Crippen LogP contribution in [0.25, 0.3) is 0 Å². The lowest BCUT2D eigenvalue weighted by molar-refractivity contribution is 0.380. The molecule has 0 spiro atoms. The number of aryl methyl sites for hydroxylation is 1. The van der Waals surface area contributed by atoms with E-state index in [4.69, 9.17) is 4.74 Å². The molecule has 2 aromatic carbocycles. The third kappa shape index (κ3) is 3.12. The fourth-order valence-electron chi connectivity index (χ4n) is 3.14. The molecule has 6 nitrogen and oxygen atoms in total. The van der Waals surface area contributed by atoms with Gasteiger partial charge < -0.3 is 9.84 Å². The lowest BCUT2D eigenvalue weighted by atomic mass is 9.84. The molecule has 3 aromatic rings. The molecule has 0 bridgehead atoms. The van der Waals surface area contributed by atoms with Gasteiger partial charge in [0.05, 0.1) is 5.92 Å². The zero-order valence-corrected chi connectivity index (χ0v) is 14.8. The predicted octanol–water partition coefficient (Wildman–Crippen LogP) is 3.94. The highest BCUT2D eigenvalue weighted by atomic mass is 19.1. The van der Waals surface area contributed by atoms with Gasteiger partial charge >= 0.3 is 0 Å². The number of nitrogens with zero attached hydrogens (tertiary/aromatic N) is 3. The molecule has 2 N–H and O–H groups in total. The molecule has 1 atom stereocenters. The Morgan fingerprint density at radius 3 is 2.61 bits per heavy atom. The van der Waals surface area contributed by atoms with Gasteiger partial charge in [0.25, 0.3) is 0 Å². The fourth-order valence-corrected chi connectivity index (χ4v) is 3.14. The number of fused-ring (bicyclic) bond motifs is 1. The molecule has 7 heteroatoms. The van der Waals surface area contributed by atoms with E-state index in [0.29, 0.717) is 11.5 Å². The molecule has 28 heavy (non-hydrogen) atoms. The minimum absolute atomic E-state index is 0.129. The Hall–Kier alpha value is -3.92. The van der Waals surface area contributed by atoms with Gasteiger partial charge in [-0.3, -0.25) is 5.10 Å². The second-order valence-electron chi connectivity index (χ2n) is 6.33. The molecule has 0 radical (unpaired) electrons. The van der Waals surface area contributed by atoms with Crippen LogP contribution in [0.3, 0.4) is 0 Å². The first-order chi connectivity index (χ1) is 13.6. The van der Waals surface area contributed by atoms with Crippen molar-refractivity contribution in [3.05, 3.63) is 88.2 Å². The number of phenols is 1. The van der Waals surface area contributed by atoms with E-state index in [9.17, 15) is 14.8 Å². The maximum absolute atomic E-state index is 13.4. The van der Waals surface area contributed by atoms with Crippen LogP contribution in [0.15, 0.2) is 65.0 Å². The number of aliphatic imine (C=N–C) groups is 1. The van der Waals surface area contributed by atoms with E-state index in [0.717, 1.165) is 22.4 Å². The summed E-state index contributed by atoms with van der Waals surface area (Å²) in [5, 5.41) is 26.3. The van der Waals surface area contributed by atoms with Gasteiger partial charge in [-0.2, -0.15) is 5.26 Å². The zero-order valence-electron chi connectivity index (χ0n) is 14.8. The summed E-state index contributed by atoms with van der Waals surface area (Å²) in [6.07, 6.45) is 1.54. The van der Waals surface area contributed by atoms with E-state index < -0.39 is 5.92 Å². The van der Waals surface area contributed by atoms with Crippen LogP contribution in [-0.2, 0) is 0 Å². The molecule has 0 saturated heterocycles. The number of rotatable bonds is 3. The van der Waals surface area contributed by atoms with Crippen LogP contribution in [-0.4, -0.2) is 21.5 Å². The van der Waals surface area contributed by atoms with Crippen LogP contribution in [0.5, 0.6) is 11.6 Å². The molecule has 4 rings (SSSR count). The first-order valence-electron chi connectivity index (χ1n) is 8.52. The molecule has 0 aliphatic carbocycles. The molecular weight excluding hydrogens is 359 g/mol. The third-order valence-corrected chi connectivity index (χ3v) is 4.51. The average Bonchev–Trinajstić information content (AvgIpc) is 3.07. The second-order valence-corrected chi connectivity index (χ2v) is 6.33. The van der Waals surface area contributed by atoms with Gasteiger partial charge in [0.1, 0.15) is 23.2 Å². The Kier molecular flexibility index (Phi) is 4.38. The molecule has 1 aliphatic rings. The predicted molar refractivity (Wildman–Crippen MR) is 101 cm³/mol. The van der Waals surface area contributed by atoms with Gasteiger partial charge in [-0.1, -0.05) is 12.1 Å². The standard InChI is InChI=1S/C21H15FN4O2/c1-12-18-19(14-4-6-15(22)7-5-14)17(10-23)20(28-21(18)26-25-12)24-11-13-2-8-16(27)9-3-13/h2-9,11,19,27H,1H3,(H,25,26). The van der Waals surface area contributed by atoms with Crippen molar-refractivity contribution in [3.8, 4) is 17.7 Å². The average molecular weight is 374 g/mol. The number of halogens is 1. The highest BCUT2D eigenvalue weighted by Crippen LogP contribution is 2.43. The van der Waals surface area contributed by atoms with Crippen molar-refractivity contribution in [2.24, 2.45) is 4.99 Å². The molecular formula is C21H15FN4O2. The summed E-state index contributed by atoms with van der Waals surface area (Å²) in [5.74, 6) is -0.211. The highest BCUT2D eigenvalue weighted by Gasteiger charge is 2.35. The molecule has 1 aliphatic heterocycles. The van der Waals surface area contributed by atoms with E-state index in [-0.39, 0.29) is 17.4 Å². The summed E-state index contributed by atoms with van der Waals surface area (Å²) >= 11 is 0. The van der Waals surface area contributed by atoms with Crippen LogP contribution < -0.4 is 4.74 Å². The quantitative estimate of drug-likeness (QED) is 0.679. The monoisotopic (exact) mass is 374 g/mol. The van der Waals surface area contributed by atoms with Crippen molar-refractivity contribution in [1.82, 2.24) is 10.2 Å². The van der Waals surface area contributed by atoms with E-state index in [1.807, 2.05) is 6.92 Å². The van der Waals surface area contributed by atoms with Crippen LogP contribution in [0.1, 0.15) is 28.3 Å². The molecule has 0 fully saturated rings. The Morgan fingerprint density at radius 1 is 1.21 bits per heavy atom. The van der Waals surface area contributed by atoms with Gasteiger partial charge in [-0.15, -0.1) is 5.10 Å². The normalized spacial score (nSPS) is 16.0. The number of allylic oxidation sites excluding steroid dienone is 1. The van der Waals surface area contributed by atoms with E-state index in [1.165, 1.54) is 12.1 Å². The minimum Gasteiger partial charge on any atom is -0.508 e. The maximum atomic E-state index is 13.4. The highest BCUT2D eigenvalue weighted by molar-refractivity contribution is 5.80. The molecule has 0 amide bonds. The maximum Gasteiger partial charge on any atom is 0.244 e. The number of nitriles is 1. The topological polar surface area (TPSA) is 94.3 Å². The van der Waals surface area contributed by atoms with Crippen LogP contribution in [0.2, 0.25) is 0 Å². The summed E-state index contributed by atoms with van der Waals surface area (Å²) in [6.45, 7) is 1.84. The van der Waals surface area contributed by atoms with Crippen molar-refractivity contribution >= 4 is 6.21 Å². The number of hydrogen-bond donors (Lipinski definition) is 2. The van der Waals surface area contributed by atoms with Gasteiger partial charge in [0.2, 0.25) is 11.8 Å². The Balaban J connectivity index is 1.81. The number of aromatic nitrogens is 2. The van der Waals surface area contributed by atoms with Crippen molar-refractivity contribution in [3.63, 3.8) is 0 Å². The molecule has 2 heterocycles. The molecule has 1 unspecified atom stereocenters. The molecule has 1 aromatic heterocycles. The molecule has 138 valence electrons. The Morgan fingerprint density at radius 2 is 1.93 bits per heavy atom. The number of nitrogens with one attached hydrogen (secondary N) is 1. The van der Waals surface area contributed by atoms with Crippen molar-refractivity contribution in [2.75, 3.05) is 0 Å². The molecule has 0 saturated carbocycles. The minimum atomic E-state index is -0.472. The number of aromatic hydroxyl groups is 1. The zero-order chi connectivity index (χ0) is 19.7. The lowest BCUT2D eigenvalue weighted by Crippen LogP contribution is -2.15. The van der Waals surface area contributed by atoms with Gasteiger partial charge in [-0.05, 0) is 54.4 Å². The summed E-state index contributed by atoms with van der Waals surface area (Å²) < 4.78 is 19.2. The third-order valence-electron chi connectivity index (χ3n) is 4.51. The summed E-state index contributed by atoms with van der Waals surface area (Å²) in [7, 11) is 0.